The van der Waals surface area contributed by atoms with E-state index in [-0.39, 0.29) is 23.3 Å². The largest absolute Gasteiger partial charge is 0.378 e. The molecule has 0 amide bonds. The lowest BCUT2D eigenvalue weighted by atomic mass is 9.99. The van der Waals surface area contributed by atoms with Gasteiger partial charge in [-0.1, -0.05) is 13.0 Å². The molecule has 0 unspecified atom stereocenters. The molecule has 2 heterocycles. The predicted molar refractivity (Wildman–Crippen MR) is 93.4 cm³/mol. The van der Waals surface area contributed by atoms with Crippen LogP contribution in [0.2, 0.25) is 0 Å². The smallest absolute Gasteiger partial charge is 0.353 e. The second kappa shape index (κ2) is 6.88. The monoisotopic (exact) mass is 346 g/mol. The number of hydrogen-bond donors (Lipinski definition) is 2. The maximum Gasteiger partial charge on any atom is 0.353 e. The van der Waals surface area contributed by atoms with E-state index in [2.05, 4.69) is 22.2 Å². The van der Waals surface area contributed by atoms with Gasteiger partial charge in [-0.25, -0.2) is 4.39 Å². The Labute approximate surface area is 144 Å². The molecule has 1 fully saturated rings. The summed E-state index contributed by atoms with van der Waals surface area (Å²) in [6, 6.07) is 5.78. The lowest BCUT2D eigenvalue weighted by Crippen LogP contribution is -2.34. The molecule has 1 aliphatic heterocycles. The SMILES string of the molecule is CC1CCN(c2nc(Nc3cccc(F)c3)nc(N)c2[N+](=O)[O-])CC1. The van der Waals surface area contributed by atoms with Gasteiger partial charge in [0.05, 0.1) is 4.92 Å². The molecule has 0 spiro atoms. The third-order valence-corrected chi connectivity index (χ3v) is 4.24. The Morgan fingerprint density at radius 1 is 1.36 bits per heavy atom. The van der Waals surface area contributed by atoms with Crippen molar-refractivity contribution in [3.05, 3.63) is 40.2 Å². The van der Waals surface area contributed by atoms with Crippen molar-refractivity contribution in [3.63, 3.8) is 0 Å². The molecule has 25 heavy (non-hydrogen) atoms. The van der Waals surface area contributed by atoms with Gasteiger partial charge in [-0.15, -0.1) is 0 Å². The maximum atomic E-state index is 13.3. The molecule has 0 radical (unpaired) electrons. The number of hydrogen-bond acceptors (Lipinski definition) is 7. The Balaban J connectivity index is 1.96. The van der Waals surface area contributed by atoms with E-state index in [4.69, 9.17) is 5.73 Å². The van der Waals surface area contributed by atoms with Crippen LogP contribution in [0, 0.1) is 21.8 Å². The van der Waals surface area contributed by atoms with Gasteiger partial charge in [-0.2, -0.15) is 9.97 Å². The van der Waals surface area contributed by atoms with Crippen molar-refractivity contribution in [2.75, 3.05) is 29.0 Å². The van der Waals surface area contributed by atoms with Crippen LogP contribution in [0.3, 0.4) is 0 Å². The Hall–Kier alpha value is -2.97. The second-order valence-corrected chi connectivity index (χ2v) is 6.17. The molecule has 1 saturated heterocycles. The number of benzene rings is 1. The van der Waals surface area contributed by atoms with E-state index in [1.807, 2.05) is 4.90 Å². The number of rotatable bonds is 4. The van der Waals surface area contributed by atoms with Crippen LogP contribution in [0.15, 0.2) is 24.3 Å². The summed E-state index contributed by atoms with van der Waals surface area (Å²) in [4.78, 5) is 20.9. The summed E-state index contributed by atoms with van der Waals surface area (Å²) in [6.07, 6.45) is 1.85. The van der Waals surface area contributed by atoms with Crippen LogP contribution in [0.4, 0.5) is 33.3 Å². The van der Waals surface area contributed by atoms with Crippen LogP contribution in [-0.4, -0.2) is 28.0 Å². The van der Waals surface area contributed by atoms with Gasteiger partial charge in [0.15, 0.2) is 0 Å². The molecule has 9 heteroatoms. The Morgan fingerprint density at radius 3 is 2.72 bits per heavy atom. The average molecular weight is 346 g/mol. The summed E-state index contributed by atoms with van der Waals surface area (Å²) in [5.74, 6) is 0.239. The van der Waals surface area contributed by atoms with Gasteiger partial charge in [0.1, 0.15) is 5.82 Å². The minimum Gasteiger partial charge on any atom is -0.378 e. The highest BCUT2D eigenvalue weighted by Crippen LogP contribution is 2.34. The Morgan fingerprint density at radius 2 is 2.08 bits per heavy atom. The van der Waals surface area contributed by atoms with E-state index >= 15 is 0 Å². The number of aromatic nitrogens is 2. The van der Waals surface area contributed by atoms with E-state index < -0.39 is 10.7 Å². The van der Waals surface area contributed by atoms with Crippen LogP contribution in [0.5, 0.6) is 0 Å². The number of anilines is 4. The number of halogens is 1. The molecule has 3 N–H and O–H groups in total. The molecule has 3 rings (SSSR count). The summed E-state index contributed by atoms with van der Waals surface area (Å²) in [7, 11) is 0. The average Bonchev–Trinajstić information content (AvgIpc) is 2.54. The molecule has 0 aliphatic carbocycles. The van der Waals surface area contributed by atoms with Gasteiger partial charge in [0, 0.05) is 18.8 Å². The van der Waals surface area contributed by atoms with Crippen LogP contribution >= 0.6 is 0 Å². The lowest BCUT2D eigenvalue weighted by Gasteiger charge is -2.31. The van der Waals surface area contributed by atoms with Crippen LogP contribution in [0.25, 0.3) is 0 Å². The third-order valence-electron chi connectivity index (χ3n) is 4.24. The van der Waals surface area contributed by atoms with Crippen molar-refractivity contribution in [2.45, 2.75) is 19.8 Å². The molecule has 132 valence electrons. The fourth-order valence-corrected chi connectivity index (χ4v) is 2.83. The highest BCUT2D eigenvalue weighted by atomic mass is 19.1. The quantitative estimate of drug-likeness (QED) is 0.646. The Bertz CT molecular complexity index is 792. The number of nitrogens with zero attached hydrogens (tertiary/aromatic N) is 4. The van der Waals surface area contributed by atoms with Gasteiger partial charge >= 0.3 is 5.69 Å². The van der Waals surface area contributed by atoms with E-state index in [0.29, 0.717) is 24.7 Å². The van der Waals surface area contributed by atoms with E-state index in [1.165, 1.54) is 12.1 Å². The molecular formula is C16H19FN6O2. The first-order valence-corrected chi connectivity index (χ1v) is 8.03. The number of piperidine rings is 1. The number of nitrogens with two attached hydrogens (primary N) is 1. The van der Waals surface area contributed by atoms with Crippen molar-refractivity contribution in [1.29, 1.82) is 0 Å². The summed E-state index contributed by atoms with van der Waals surface area (Å²) in [5, 5.41) is 14.3. The summed E-state index contributed by atoms with van der Waals surface area (Å²) >= 11 is 0. The summed E-state index contributed by atoms with van der Waals surface area (Å²) < 4.78 is 13.3. The Kier molecular flexibility index (Phi) is 4.64. The molecule has 1 aromatic heterocycles. The second-order valence-electron chi connectivity index (χ2n) is 6.17. The fraction of sp³-hybridized carbons (Fsp3) is 0.375. The van der Waals surface area contributed by atoms with Crippen molar-refractivity contribution < 1.29 is 9.31 Å². The zero-order chi connectivity index (χ0) is 18.0. The number of nitrogens with one attached hydrogen (secondary N) is 1. The standard InChI is InChI=1S/C16H19FN6O2/c1-10-5-7-22(8-6-10)15-13(23(24)25)14(18)20-16(21-15)19-12-4-2-3-11(17)9-12/h2-4,9-10H,5-8H2,1H3,(H3,18,19,20,21). The topological polar surface area (TPSA) is 110 Å². The van der Waals surface area contributed by atoms with Crippen LogP contribution in [0.1, 0.15) is 19.8 Å². The lowest BCUT2D eigenvalue weighted by molar-refractivity contribution is -0.383. The predicted octanol–water partition coefficient (Wildman–Crippen LogP) is 3.09. The van der Waals surface area contributed by atoms with Crippen LogP contribution < -0.4 is 16.0 Å². The minimum absolute atomic E-state index is 0.0994. The molecule has 1 aromatic carbocycles. The number of nitro groups is 1. The van der Waals surface area contributed by atoms with E-state index in [0.717, 1.165) is 12.8 Å². The van der Waals surface area contributed by atoms with E-state index in [9.17, 15) is 14.5 Å². The van der Waals surface area contributed by atoms with Crippen molar-refractivity contribution >= 4 is 29.0 Å². The number of nitrogen functional groups attached to an aromatic ring is 1. The molecule has 0 saturated carbocycles. The first-order valence-electron chi connectivity index (χ1n) is 8.03. The zero-order valence-corrected chi connectivity index (χ0v) is 13.8. The van der Waals surface area contributed by atoms with Gasteiger partial charge < -0.3 is 16.0 Å². The molecule has 0 bridgehead atoms. The van der Waals surface area contributed by atoms with Crippen molar-refractivity contribution in [3.8, 4) is 0 Å². The molecular weight excluding hydrogens is 327 g/mol. The first kappa shape index (κ1) is 16.9. The first-order chi connectivity index (χ1) is 11.9. The molecule has 2 aromatic rings. The third kappa shape index (κ3) is 3.76. The van der Waals surface area contributed by atoms with Gasteiger partial charge in [0.2, 0.25) is 17.6 Å². The minimum atomic E-state index is -0.561. The highest BCUT2D eigenvalue weighted by molar-refractivity contribution is 5.72. The van der Waals surface area contributed by atoms with E-state index in [1.54, 1.807) is 12.1 Å². The molecule has 8 nitrogen and oxygen atoms in total. The highest BCUT2D eigenvalue weighted by Gasteiger charge is 2.29. The molecule has 0 atom stereocenters. The van der Waals surface area contributed by atoms with Crippen molar-refractivity contribution in [2.24, 2.45) is 5.92 Å². The van der Waals surface area contributed by atoms with Crippen molar-refractivity contribution in [1.82, 2.24) is 9.97 Å². The normalized spacial score (nSPS) is 15.2. The molecule has 1 aliphatic rings. The van der Waals surface area contributed by atoms with Gasteiger partial charge in [0.25, 0.3) is 0 Å². The van der Waals surface area contributed by atoms with Crippen LogP contribution in [-0.2, 0) is 0 Å². The summed E-state index contributed by atoms with van der Waals surface area (Å²) in [6.45, 7) is 3.48. The fourth-order valence-electron chi connectivity index (χ4n) is 2.83. The zero-order valence-electron chi connectivity index (χ0n) is 13.8. The van der Waals surface area contributed by atoms with Gasteiger partial charge in [-0.05, 0) is 37.0 Å². The summed E-state index contributed by atoms with van der Waals surface area (Å²) in [5.41, 5.74) is 5.95. The maximum absolute atomic E-state index is 13.3. The van der Waals surface area contributed by atoms with Gasteiger partial charge in [-0.3, -0.25) is 10.1 Å².